The van der Waals surface area contributed by atoms with Crippen LogP contribution in [0.1, 0.15) is 13.3 Å². The molecule has 0 aliphatic carbocycles. The van der Waals surface area contributed by atoms with Crippen molar-refractivity contribution in [3.8, 4) is 0 Å². The van der Waals surface area contributed by atoms with Crippen LogP contribution in [0.3, 0.4) is 0 Å². The van der Waals surface area contributed by atoms with Crippen LogP contribution < -0.4 is 16.2 Å². The lowest BCUT2D eigenvalue weighted by atomic mass is 10.1. The first-order chi connectivity index (χ1) is 10.0. The maximum Gasteiger partial charge on any atom is 0.291 e. The molecule has 1 atom stereocenters. The number of halogens is 1. The number of carbonyl (C=O) groups is 2. The van der Waals surface area contributed by atoms with Gasteiger partial charge in [0.25, 0.3) is 5.91 Å². The second-order valence-electron chi connectivity index (χ2n) is 4.35. The molecule has 1 aromatic carbocycles. The van der Waals surface area contributed by atoms with E-state index < -0.39 is 23.7 Å². The van der Waals surface area contributed by atoms with Crippen molar-refractivity contribution < 1.29 is 18.8 Å². The van der Waals surface area contributed by atoms with Gasteiger partial charge >= 0.3 is 0 Å². The van der Waals surface area contributed by atoms with Crippen molar-refractivity contribution in [1.29, 1.82) is 0 Å². The SMILES string of the molecule is CCONC(=O)C1=NN(c2ccc(F)cc2)[C@H](C(N)=O)C1. The molecule has 21 heavy (non-hydrogen) atoms. The van der Waals surface area contributed by atoms with E-state index in [9.17, 15) is 14.0 Å². The summed E-state index contributed by atoms with van der Waals surface area (Å²) in [6.07, 6.45) is 0.0611. The third-order valence-corrected chi connectivity index (χ3v) is 2.90. The van der Waals surface area contributed by atoms with Crippen LogP contribution in [0.5, 0.6) is 0 Å². The lowest BCUT2D eigenvalue weighted by Gasteiger charge is -2.20. The van der Waals surface area contributed by atoms with Crippen molar-refractivity contribution >= 4 is 23.2 Å². The van der Waals surface area contributed by atoms with Crippen LogP contribution in [0.2, 0.25) is 0 Å². The second-order valence-corrected chi connectivity index (χ2v) is 4.35. The normalized spacial score (nSPS) is 17.5. The van der Waals surface area contributed by atoms with E-state index in [1.54, 1.807) is 6.92 Å². The fourth-order valence-electron chi connectivity index (χ4n) is 1.90. The van der Waals surface area contributed by atoms with Crippen molar-refractivity contribution in [3.05, 3.63) is 30.1 Å². The average molecular weight is 294 g/mol. The number of hydrogen-bond donors (Lipinski definition) is 2. The summed E-state index contributed by atoms with van der Waals surface area (Å²) in [6.45, 7) is 2.02. The number of nitrogens with two attached hydrogens (primary N) is 1. The molecule has 8 heteroatoms. The van der Waals surface area contributed by atoms with Gasteiger partial charge in [-0.2, -0.15) is 5.10 Å². The van der Waals surface area contributed by atoms with E-state index in [-0.39, 0.29) is 12.1 Å². The Bertz CT molecular complexity index is 573. The molecule has 112 valence electrons. The molecule has 2 rings (SSSR count). The quantitative estimate of drug-likeness (QED) is 0.764. The van der Waals surface area contributed by atoms with Crippen molar-refractivity contribution in [2.45, 2.75) is 19.4 Å². The first-order valence-corrected chi connectivity index (χ1v) is 6.36. The maximum atomic E-state index is 12.9. The molecule has 1 aliphatic heterocycles. The molecule has 1 aliphatic rings. The molecule has 2 amide bonds. The minimum atomic E-state index is -0.794. The van der Waals surface area contributed by atoms with Crippen LogP contribution in [0.25, 0.3) is 0 Å². The van der Waals surface area contributed by atoms with Gasteiger partial charge in [0.05, 0.1) is 12.3 Å². The largest absolute Gasteiger partial charge is 0.368 e. The minimum absolute atomic E-state index is 0.0611. The molecule has 0 unspecified atom stereocenters. The van der Waals surface area contributed by atoms with Gasteiger partial charge in [0.15, 0.2) is 0 Å². The summed E-state index contributed by atoms with van der Waals surface area (Å²) in [4.78, 5) is 28.1. The van der Waals surface area contributed by atoms with Crippen molar-refractivity contribution in [2.75, 3.05) is 11.6 Å². The topological polar surface area (TPSA) is 97.0 Å². The van der Waals surface area contributed by atoms with Gasteiger partial charge in [0.2, 0.25) is 5.91 Å². The molecule has 0 radical (unpaired) electrons. The Morgan fingerprint density at radius 3 is 2.71 bits per heavy atom. The zero-order valence-electron chi connectivity index (χ0n) is 11.4. The summed E-state index contributed by atoms with van der Waals surface area (Å²) in [6, 6.07) is 4.59. The highest BCUT2D eigenvalue weighted by Crippen LogP contribution is 2.24. The number of amides is 2. The van der Waals surface area contributed by atoms with E-state index in [1.807, 2.05) is 0 Å². The fraction of sp³-hybridized carbons (Fsp3) is 0.308. The van der Waals surface area contributed by atoms with E-state index >= 15 is 0 Å². The number of rotatable bonds is 5. The average Bonchev–Trinajstić information content (AvgIpc) is 2.91. The van der Waals surface area contributed by atoms with Gasteiger partial charge in [-0.3, -0.25) is 19.4 Å². The predicted molar refractivity (Wildman–Crippen MR) is 73.7 cm³/mol. The number of carbonyl (C=O) groups excluding carboxylic acids is 2. The standard InChI is InChI=1S/C13H15FN4O3/c1-2-21-17-13(20)10-7-11(12(15)19)18(16-10)9-5-3-8(14)4-6-9/h3-6,11H,2,7H2,1H3,(H2,15,19)(H,17,20)/t11-/m0/s1. The number of hydrogen-bond acceptors (Lipinski definition) is 5. The summed E-state index contributed by atoms with van der Waals surface area (Å²) in [7, 11) is 0. The van der Waals surface area contributed by atoms with Crippen molar-refractivity contribution in [2.24, 2.45) is 10.8 Å². The molecule has 3 N–H and O–H groups in total. The number of nitrogens with one attached hydrogen (secondary N) is 1. The molecular formula is C13H15FN4O3. The first-order valence-electron chi connectivity index (χ1n) is 6.36. The minimum Gasteiger partial charge on any atom is -0.368 e. The summed E-state index contributed by atoms with van der Waals surface area (Å²) in [5.41, 5.74) is 8.13. The van der Waals surface area contributed by atoms with Gasteiger partial charge in [-0.25, -0.2) is 9.87 Å². The van der Waals surface area contributed by atoms with Gasteiger partial charge in [0.1, 0.15) is 17.6 Å². The Hall–Kier alpha value is -2.48. The highest BCUT2D eigenvalue weighted by molar-refractivity contribution is 6.40. The molecule has 1 heterocycles. The lowest BCUT2D eigenvalue weighted by Crippen LogP contribution is -2.39. The highest BCUT2D eigenvalue weighted by Gasteiger charge is 2.35. The lowest BCUT2D eigenvalue weighted by molar-refractivity contribution is -0.126. The van der Waals surface area contributed by atoms with Crippen LogP contribution in [0, 0.1) is 5.82 Å². The van der Waals surface area contributed by atoms with Gasteiger partial charge in [-0.15, -0.1) is 0 Å². The zero-order chi connectivity index (χ0) is 15.4. The van der Waals surface area contributed by atoms with Crippen LogP contribution in [-0.4, -0.2) is 30.2 Å². The third kappa shape index (κ3) is 3.34. The van der Waals surface area contributed by atoms with Crippen molar-refractivity contribution in [3.63, 3.8) is 0 Å². The third-order valence-electron chi connectivity index (χ3n) is 2.90. The van der Waals surface area contributed by atoms with Gasteiger partial charge in [0, 0.05) is 6.42 Å². The molecule has 7 nitrogen and oxygen atoms in total. The Kier molecular flexibility index (Phi) is 4.49. The van der Waals surface area contributed by atoms with Crippen molar-refractivity contribution in [1.82, 2.24) is 5.48 Å². The smallest absolute Gasteiger partial charge is 0.291 e. The zero-order valence-corrected chi connectivity index (χ0v) is 11.4. The van der Waals surface area contributed by atoms with Gasteiger partial charge < -0.3 is 5.73 Å². The molecular weight excluding hydrogens is 279 g/mol. The van der Waals surface area contributed by atoms with E-state index in [1.165, 1.54) is 29.3 Å². The highest BCUT2D eigenvalue weighted by atomic mass is 19.1. The molecule has 0 fully saturated rings. The van der Waals surface area contributed by atoms with E-state index in [2.05, 4.69) is 10.6 Å². The Morgan fingerprint density at radius 2 is 2.14 bits per heavy atom. The molecule has 0 saturated heterocycles. The number of primary amides is 1. The number of nitrogens with zero attached hydrogens (tertiary/aromatic N) is 2. The van der Waals surface area contributed by atoms with Gasteiger partial charge in [-0.1, -0.05) is 0 Å². The summed E-state index contributed by atoms with van der Waals surface area (Å²) in [5.74, 6) is -1.57. The summed E-state index contributed by atoms with van der Waals surface area (Å²) < 4.78 is 12.9. The molecule has 1 aromatic rings. The summed E-state index contributed by atoms with van der Waals surface area (Å²) in [5, 5.41) is 5.39. The number of hydroxylamine groups is 1. The second kappa shape index (κ2) is 6.31. The molecule has 0 saturated carbocycles. The maximum absolute atomic E-state index is 12.9. The van der Waals surface area contributed by atoms with E-state index in [0.29, 0.717) is 12.3 Å². The van der Waals surface area contributed by atoms with Gasteiger partial charge in [-0.05, 0) is 31.2 Å². The monoisotopic (exact) mass is 294 g/mol. The Labute approximate surface area is 120 Å². The molecule has 0 bridgehead atoms. The fourth-order valence-corrected chi connectivity index (χ4v) is 1.90. The Morgan fingerprint density at radius 1 is 1.48 bits per heavy atom. The van der Waals surface area contributed by atoms with E-state index in [0.717, 1.165) is 0 Å². The van der Waals surface area contributed by atoms with Crippen LogP contribution in [0.15, 0.2) is 29.4 Å². The van der Waals surface area contributed by atoms with Crippen LogP contribution in [-0.2, 0) is 14.4 Å². The van der Waals surface area contributed by atoms with Crippen LogP contribution in [0.4, 0.5) is 10.1 Å². The molecule has 0 spiro atoms. The van der Waals surface area contributed by atoms with E-state index in [4.69, 9.17) is 10.6 Å². The number of benzene rings is 1. The molecule has 0 aromatic heterocycles. The predicted octanol–water partition coefficient (Wildman–Crippen LogP) is 0.313. The number of anilines is 1. The summed E-state index contributed by atoms with van der Waals surface area (Å²) >= 11 is 0. The Balaban J connectivity index is 2.23. The van der Waals surface area contributed by atoms with Crippen LogP contribution >= 0.6 is 0 Å². The number of hydrazone groups is 1. The first kappa shape index (κ1) is 14.9.